The number of pyridine rings is 1. The van der Waals surface area contributed by atoms with Crippen LogP contribution in [0.25, 0.3) is 0 Å². The van der Waals surface area contributed by atoms with Gasteiger partial charge in [-0.3, -0.25) is 14.4 Å². The molecule has 0 fully saturated rings. The third-order valence-corrected chi connectivity index (χ3v) is 3.28. The van der Waals surface area contributed by atoms with Crippen LogP contribution in [-0.2, 0) is 14.4 Å². The van der Waals surface area contributed by atoms with Gasteiger partial charge in [-0.15, -0.1) is 10.2 Å². The fourth-order valence-electron chi connectivity index (χ4n) is 2.15. The summed E-state index contributed by atoms with van der Waals surface area (Å²) >= 11 is 0. The van der Waals surface area contributed by atoms with E-state index < -0.39 is 0 Å². The van der Waals surface area contributed by atoms with Crippen LogP contribution in [0.1, 0.15) is 33.6 Å². The number of nitrogens with one attached hydrogen (secondary N) is 2. The number of benzene rings is 1. The van der Waals surface area contributed by atoms with Crippen molar-refractivity contribution < 1.29 is 19.1 Å². The summed E-state index contributed by atoms with van der Waals surface area (Å²) in [5.41, 5.74) is 0.630. The van der Waals surface area contributed by atoms with Gasteiger partial charge in [0.1, 0.15) is 17.2 Å². The molecule has 146 valence electrons. The summed E-state index contributed by atoms with van der Waals surface area (Å²) in [4.78, 5) is 38.5. The third-order valence-electron chi connectivity index (χ3n) is 3.28. The number of azo groups is 1. The first kappa shape index (κ1) is 20.7. The lowest BCUT2D eigenvalue weighted by molar-refractivity contribution is -0.134. The number of nitrogens with zero attached hydrogens (tertiary/aromatic N) is 3. The van der Waals surface area contributed by atoms with Crippen LogP contribution in [0, 0.1) is 0 Å². The Balaban J connectivity index is 2.31. The number of para-hydroxylation sites is 1. The summed E-state index contributed by atoms with van der Waals surface area (Å²) in [5, 5.41) is 13.3. The maximum atomic E-state index is 11.8. The van der Waals surface area contributed by atoms with E-state index in [4.69, 9.17) is 4.74 Å². The highest BCUT2D eigenvalue weighted by Gasteiger charge is 2.10. The molecule has 0 saturated carbocycles. The van der Waals surface area contributed by atoms with Crippen molar-refractivity contribution in [2.45, 2.75) is 33.6 Å². The Morgan fingerprint density at radius 3 is 2.32 bits per heavy atom. The van der Waals surface area contributed by atoms with Gasteiger partial charge in [-0.2, -0.15) is 0 Å². The maximum Gasteiger partial charge on any atom is 0.311 e. The molecule has 1 aromatic heterocycles. The van der Waals surface area contributed by atoms with E-state index in [0.717, 1.165) is 0 Å². The van der Waals surface area contributed by atoms with Gasteiger partial charge in [0.2, 0.25) is 11.8 Å². The summed E-state index contributed by atoms with van der Waals surface area (Å²) in [6.45, 7) is 4.56. The zero-order valence-corrected chi connectivity index (χ0v) is 15.9. The predicted molar refractivity (Wildman–Crippen MR) is 104 cm³/mol. The molecule has 9 nitrogen and oxygen atoms in total. The summed E-state index contributed by atoms with van der Waals surface area (Å²) in [5.74, 6) is -0.303. The molecular formula is C19H21N5O4. The van der Waals surface area contributed by atoms with Crippen molar-refractivity contribution in [3.63, 3.8) is 0 Å². The monoisotopic (exact) mass is 383 g/mol. The molecule has 0 aliphatic heterocycles. The standard InChI is InChI=1S/C19H21N5O4/c1-4-7-18(27)28-16-9-6-5-8-14(16)23-24-15-10-11-17(20-12(2)25)22-19(15)21-13(3)26/h5-6,8-11H,4,7H2,1-3H3,(H2,20,21,22,25,26)/b24-23+. The van der Waals surface area contributed by atoms with Crippen molar-refractivity contribution >= 4 is 40.8 Å². The largest absolute Gasteiger partial charge is 0.424 e. The highest BCUT2D eigenvalue weighted by Crippen LogP contribution is 2.31. The Hall–Kier alpha value is -3.62. The molecule has 0 saturated heterocycles. The Morgan fingerprint density at radius 1 is 0.964 bits per heavy atom. The van der Waals surface area contributed by atoms with Crippen molar-refractivity contribution in [1.82, 2.24) is 4.98 Å². The molecule has 0 spiro atoms. The summed E-state index contributed by atoms with van der Waals surface area (Å²) < 4.78 is 5.31. The minimum absolute atomic E-state index is 0.142. The molecule has 0 unspecified atom stereocenters. The van der Waals surface area contributed by atoms with Gasteiger partial charge in [0.25, 0.3) is 0 Å². The van der Waals surface area contributed by atoms with Crippen molar-refractivity contribution in [1.29, 1.82) is 0 Å². The van der Waals surface area contributed by atoms with Crippen LogP contribution in [0.3, 0.4) is 0 Å². The van der Waals surface area contributed by atoms with E-state index in [0.29, 0.717) is 18.5 Å². The quantitative estimate of drug-likeness (QED) is 0.423. The first-order chi connectivity index (χ1) is 13.4. The molecule has 0 aliphatic carbocycles. The normalized spacial score (nSPS) is 10.5. The number of carbonyl (C=O) groups excluding carboxylic acids is 3. The van der Waals surface area contributed by atoms with Gasteiger partial charge in [0.15, 0.2) is 11.6 Å². The van der Waals surface area contributed by atoms with Crippen LogP contribution in [0.4, 0.5) is 23.0 Å². The number of anilines is 2. The van der Waals surface area contributed by atoms with E-state index in [9.17, 15) is 14.4 Å². The van der Waals surface area contributed by atoms with Crippen molar-refractivity contribution in [2.24, 2.45) is 10.2 Å². The van der Waals surface area contributed by atoms with Crippen molar-refractivity contribution in [2.75, 3.05) is 10.6 Å². The van der Waals surface area contributed by atoms with Gasteiger partial charge in [0, 0.05) is 20.3 Å². The van der Waals surface area contributed by atoms with Gasteiger partial charge in [0.05, 0.1) is 0 Å². The zero-order chi connectivity index (χ0) is 20.5. The van der Waals surface area contributed by atoms with Gasteiger partial charge in [-0.1, -0.05) is 19.1 Å². The summed E-state index contributed by atoms with van der Waals surface area (Å²) in [6.07, 6.45) is 0.974. The molecule has 28 heavy (non-hydrogen) atoms. The predicted octanol–water partition coefficient (Wildman–Crippen LogP) is 4.12. The Morgan fingerprint density at radius 2 is 1.64 bits per heavy atom. The molecule has 0 aliphatic rings. The van der Waals surface area contributed by atoms with E-state index in [2.05, 4.69) is 25.8 Å². The molecule has 0 atom stereocenters. The number of carbonyl (C=O) groups is 3. The second kappa shape index (κ2) is 9.91. The van der Waals surface area contributed by atoms with Gasteiger partial charge in [-0.05, 0) is 30.7 Å². The molecule has 1 heterocycles. The molecule has 2 amide bonds. The van der Waals surface area contributed by atoms with Crippen LogP contribution in [0.15, 0.2) is 46.6 Å². The number of hydrogen-bond donors (Lipinski definition) is 2. The molecule has 2 N–H and O–H groups in total. The molecule has 9 heteroatoms. The fraction of sp³-hybridized carbons (Fsp3) is 0.263. The number of aromatic nitrogens is 1. The van der Waals surface area contributed by atoms with Crippen molar-refractivity contribution in [3.8, 4) is 5.75 Å². The maximum absolute atomic E-state index is 11.8. The number of ether oxygens (including phenoxy) is 1. The molecule has 2 rings (SSSR count). The topological polar surface area (TPSA) is 122 Å². The van der Waals surface area contributed by atoms with Crippen LogP contribution in [-0.4, -0.2) is 22.8 Å². The number of amides is 2. The molecular weight excluding hydrogens is 362 g/mol. The van der Waals surface area contributed by atoms with Crippen LogP contribution < -0.4 is 15.4 Å². The minimum Gasteiger partial charge on any atom is -0.424 e. The molecule has 0 radical (unpaired) electrons. The van der Waals surface area contributed by atoms with Crippen LogP contribution in [0.5, 0.6) is 5.75 Å². The second-order valence-electron chi connectivity index (χ2n) is 5.82. The highest BCUT2D eigenvalue weighted by atomic mass is 16.5. The van der Waals surface area contributed by atoms with Crippen LogP contribution in [0.2, 0.25) is 0 Å². The van der Waals surface area contributed by atoms with E-state index >= 15 is 0 Å². The number of esters is 1. The average molecular weight is 383 g/mol. The van der Waals surface area contributed by atoms with Gasteiger partial charge in [-0.25, -0.2) is 4.98 Å². The van der Waals surface area contributed by atoms with E-state index in [1.807, 2.05) is 6.92 Å². The second-order valence-corrected chi connectivity index (χ2v) is 5.82. The smallest absolute Gasteiger partial charge is 0.311 e. The third kappa shape index (κ3) is 6.27. The zero-order valence-electron chi connectivity index (χ0n) is 15.9. The molecule has 1 aromatic carbocycles. The summed E-state index contributed by atoms with van der Waals surface area (Å²) in [7, 11) is 0. The number of rotatable bonds is 7. The first-order valence-electron chi connectivity index (χ1n) is 8.66. The van der Waals surface area contributed by atoms with Gasteiger partial charge < -0.3 is 15.4 Å². The average Bonchev–Trinajstić information content (AvgIpc) is 2.61. The highest BCUT2D eigenvalue weighted by molar-refractivity contribution is 5.92. The minimum atomic E-state index is -0.356. The lowest BCUT2D eigenvalue weighted by atomic mass is 10.3. The van der Waals surface area contributed by atoms with E-state index in [1.165, 1.54) is 19.9 Å². The van der Waals surface area contributed by atoms with Crippen LogP contribution >= 0.6 is 0 Å². The Kier molecular flexibility index (Phi) is 7.32. The fourth-order valence-corrected chi connectivity index (χ4v) is 2.15. The first-order valence-corrected chi connectivity index (χ1v) is 8.66. The lowest BCUT2D eigenvalue weighted by Gasteiger charge is -2.08. The summed E-state index contributed by atoms with van der Waals surface area (Å²) in [6, 6.07) is 9.81. The van der Waals surface area contributed by atoms with E-state index in [-0.39, 0.29) is 40.9 Å². The number of hydrogen-bond acceptors (Lipinski definition) is 7. The Bertz CT molecular complexity index is 911. The molecule has 2 aromatic rings. The van der Waals surface area contributed by atoms with Gasteiger partial charge >= 0.3 is 5.97 Å². The SMILES string of the molecule is CCCC(=O)Oc1ccccc1/N=N/c1ccc(NC(C)=O)nc1NC(C)=O. The van der Waals surface area contributed by atoms with Crippen molar-refractivity contribution in [3.05, 3.63) is 36.4 Å². The Labute approximate surface area is 162 Å². The molecule has 0 bridgehead atoms. The van der Waals surface area contributed by atoms with E-state index in [1.54, 1.807) is 30.3 Å². The lowest BCUT2D eigenvalue weighted by Crippen LogP contribution is -2.11.